The molecule has 26 heavy (non-hydrogen) atoms. The molecule has 0 N–H and O–H groups in total. The van der Waals surface area contributed by atoms with Gasteiger partial charge in [0.15, 0.2) is 23.0 Å². The molecule has 0 radical (unpaired) electrons. The molecule has 3 heterocycles. The summed E-state index contributed by atoms with van der Waals surface area (Å²) in [6.07, 6.45) is 2.83. The lowest BCUT2D eigenvalue weighted by Gasteiger charge is -2.31. The molecular weight excluding hydrogens is 334 g/mol. The van der Waals surface area contributed by atoms with Crippen LogP contribution in [-0.4, -0.2) is 42.9 Å². The van der Waals surface area contributed by atoms with Crippen LogP contribution in [0.2, 0.25) is 0 Å². The molecular formula is C20H21NO5. The number of carbonyl (C=O) groups excluding carboxylic acids is 2. The van der Waals surface area contributed by atoms with Gasteiger partial charge in [-0.1, -0.05) is 0 Å². The van der Waals surface area contributed by atoms with E-state index in [1.807, 2.05) is 6.92 Å². The average Bonchev–Trinajstić information content (AvgIpc) is 3.12. The highest BCUT2D eigenvalue weighted by Crippen LogP contribution is 2.32. The second-order valence-corrected chi connectivity index (χ2v) is 6.72. The van der Waals surface area contributed by atoms with Gasteiger partial charge in [-0.2, -0.15) is 0 Å². The highest BCUT2D eigenvalue weighted by Gasteiger charge is 2.30. The van der Waals surface area contributed by atoms with Crippen LogP contribution in [0, 0.1) is 12.8 Å². The third kappa shape index (κ3) is 3.07. The van der Waals surface area contributed by atoms with Crippen molar-refractivity contribution in [1.82, 2.24) is 4.90 Å². The Hall–Kier alpha value is -2.76. The summed E-state index contributed by atoms with van der Waals surface area (Å²) in [5.74, 6) is 1.62. The van der Waals surface area contributed by atoms with E-state index in [1.165, 1.54) is 6.26 Å². The number of hydrogen-bond acceptors (Lipinski definition) is 5. The number of likely N-dealkylation sites (tertiary alicyclic amines) is 1. The molecule has 1 amide bonds. The predicted octanol–water partition coefficient (Wildman–Crippen LogP) is 3.09. The van der Waals surface area contributed by atoms with Crippen molar-refractivity contribution < 1.29 is 23.5 Å². The number of piperidine rings is 1. The Kier molecular flexibility index (Phi) is 4.41. The van der Waals surface area contributed by atoms with Crippen LogP contribution in [0.25, 0.3) is 0 Å². The van der Waals surface area contributed by atoms with Gasteiger partial charge in [-0.15, -0.1) is 0 Å². The quantitative estimate of drug-likeness (QED) is 0.792. The monoisotopic (exact) mass is 355 g/mol. The highest BCUT2D eigenvalue weighted by molar-refractivity contribution is 5.99. The number of rotatable bonds is 3. The van der Waals surface area contributed by atoms with Crippen LogP contribution in [0.15, 0.2) is 34.9 Å². The first-order valence-electron chi connectivity index (χ1n) is 8.90. The largest absolute Gasteiger partial charge is 0.486 e. The SMILES string of the molecule is Cc1ccoc1C(=O)N1CCC(C(=O)c2ccc3c(c2)OCCO3)CC1. The zero-order valence-electron chi connectivity index (χ0n) is 14.7. The lowest BCUT2D eigenvalue weighted by atomic mass is 9.88. The summed E-state index contributed by atoms with van der Waals surface area (Å²) in [6.45, 7) is 3.99. The fraction of sp³-hybridized carbons (Fsp3) is 0.400. The van der Waals surface area contributed by atoms with E-state index >= 15 is 0 Å². The van der Waals surface area contributed by atoms with Gasteiger partial charge in [0.25, 0.3) is 5.91 Å². The summed E-state index contributed by atoms with van der Waals surface area (Å²) in [7, 11) is 0. The first-order chi connectivity index (χ1) is 12.6. The molecule has 1 saturated heterocycles. The summed E-state index contributed by atoms with van der Waals surface area (Å²) >= 11 is 0. The van der Waals surface area contributed by atoms with Gasteiger partial charge in [-0.05, 0) is 44.0 Å². The Morgan fingerprint density at radius 1 is 1.04 bits per heavy atom. The van der Waals surface area contributed by atoms with Crippen molar-refractivity contribution >= 4 is 11.7 Å². The second-order valence-electron chi connectivity index (χ2n) is 6.72. The fourth-order valence-corrected chi connectivity index (χ4v) is 3.51. The molecule has 2 aliphatic rings. The standard InChI is InChI=1S/C20H21NO5/c1-13-6-9-26-19(13)20(23)21-7-4-14(5-8-21)18(22)15-2-3-16-17(12-15)25-11-10-24-16/h2-3,6,9,12,14H,4-5,7-8,10-11H2,1H3. The number of aryl methyl sites for hydroxylation is 1. The van der Waals surface area contributed by atoms with Crippen molar-refractivity contribution in [3.63, 3.8) is 0 Å². The summed E-state index contributed by atoms with van der Waals surface area (Å²) in [5.41, 5.74) is 1.48. The average molecular weight is 355 g/mol. The Bertz CT molecular complexity index is 832. The van der Waals surface area contributed by atoms with Gasteiger partial charge in [0, 0.05) is 30.1 Å². The van der Waals surface area contributed by atoms with Crippen LogP contribution in [0.3, 0.4) is 0 Å². The Labute approximate surface area is 151 Å². The minimum atomic E-state index is -0.0993. The lowest BCUT2D eigenvalue weighted by Crippen LogP contribution is -2.40. The number of fused-ring (bicyclic) bond motifs is 1. The van der Waals surface area contributed by atoms with Gasteiger partial charge in [0.1, 0.15) is 13.2 Å². The van der Waals surface area contributed by atoms with E-state index in [0.717, 1.165) is 5.56 Å². The zero-order valence-corrected chi connectivity index (χ0v) is 14.7. The number of furan rings is 1. The van der Waals surface area contributed by atoms with Crippen LogP contribution in [0.1, 0.15) is 39.3 Å². The number of amides is 1. The number of nitrogens with zero attached hydrogens (tertiary/aromatic N) is 1. The Morgan fingerprint density at radius 3 is 2.46 bits per heavy atom. The molecule has 0 atom stereocenters. The third-order valence-corrected chi connectivity index (χ3v) is 5.04. The molecule has 0 aliphatic carbocycles. The molecule has 6 nitrogen and oxygen atoms in total. The maximum atomic E-state index is 12.8. The normalized spacial score (nSPS) is 17.2. The summed E-state index contributed by atoms with van der Waals surface area (Å²) in [6, 6.07) is 7.13. The smallest absolute Gasteiger partial charge is 0.289 e. The van der Waals surface area contributed by atoms with Crippen molar-refractivity contribution in [3.05, 3.63) is 47.4 Å². The van der Waals surface area contributed by atoms with Gasteiger partial charge in [0.2, 0.25) is 0 Å². The van der Waals surface area contributed by atoms with E-state index in [0.29, 0.717) is 62.0 Å². The van der Waals surface area contributed by atoms with Gasteiger partial charge in [0.05, 0.1) is 6.26 Å². The van der Waals surface area contributed by atoms with Gasteiger partial charge in [-0.3, -0.25) is 9.59 Å². The molecule has 0 saturated carbocycles. The molecule has 2 aliphatic heterocycles. The van der Waals surface area contributed by atoms with Gasteiger partial charge >= 0.3 is 0 Å². The number of hydrogen-bond donors (Lipinski definition) is 0. The summed E-state index contributed by atoms with van der Waals surface area (Å²) in [4.78, 5) is 27.1. The Balaban J connectivity index is 1.41. The van der Waals surface area contributed by atoms with Crippen molar-refractivity contribution in [1.29, 1.82) is 0 Å². The van der Waals surface area contributed by atoms with Crippen LogP contribution in [-0.2, 0) is 0 Å². The minimum Gasteiger partial charge on any atom is -0.486 e. The zero-order chi connectivity index (χ0) is 18.1. The van der Waals surface area contributed by atoms with Crippen molar-refractivity contribution in [2.45, 2.75) is 19.8 Å². The van der Waals surface area contributed by atoms with Crippen LogP contribution in [0.4, 0.5) is 0 Å². The molecule has 4 rings (SSSR count). The molecule has 1 aromatic heterocycles. The molecule has 0 bridgehead atoms. The van der Waals surface area contributed by atoms with E-state index < -0.39 is 0 Å². The molecule has 6 heteroatoms. The van der Waals surface area contributed by atoms with E-state index in [1.54, 1.807) is 29.2 Å². The Morgan fingerprint density at radius 2 is 1.77 bits per heavy atom. The second kappa shape index (κ2) is 6.86. The van der Waals surface area contributed by atoms with Crippen molar-refractivity contribution in [3.8, 4) is 11.5 Å². The fourth-order valence-electron chi connectivity index (χ4n) is 3.51. The van der Waals surface area contributed by atoms with E-state index in [4.69, 9.17) is 13.9 Å². The van der Waals surface area contributed by atoms with Crippen LogP contribution >= 0.6 is 0 Å². The topological polar surface area (TPSA) is 69.0 Å². The van der Waals surface area contributed by atoms with Gasteiger partial charge < -0.3 is 18.8 Å². The molecule has 136 valence electrons. The predicted molar refractivity (Wildman–Crippen MR) is 93.8 cm³/mol. The summed E-state index contributed by atoms with van der Waals surface area (Å²) in [5, 5.41) is 0. The summed E-state index contributed by atoms with van der Waals surface area (Å²) < 4.78 is 16.4. The molecule has 1 aromatic carbocycles. The third-order valence-electron chi connectivity index (χ3n) is 5.04. The van der Waals surface area contributed by atoms with Crippen LogP contribution < -0.4 is 9.47 Å². The van der Waals surface area contributed by atoms with Crippen LogP contribution in [0.5, 0.6) is 11.5 Å². The number of carbonyl (C=O) groups is 2. The van der Waals surface area contributed by atoms with Gasteiger partial charge in [-0.25, -0.2) is 0 Å². The molecule has 0 unspecified atom stereocenters. The lowest BCUT2D eigenvalue weighted by molar-refractivity contribution is 0.0623. The first-order valence-corrected chi connectivity index (χ1v) is 8.90. The first kappa shape index (κ1) is 16.7. The van der Waals surface area contributed by atoms with Crippen molar-refractivity contribution in [2.24, 2.45) is 5.92 Å². The van der Waals surface area contributed by atoms with Crippen molar-refractivity contribution in [2.75, 3.05) is 26.3 Å². The number of ether oxygens (including phenoxy) is 2. The molecule has 1 fully saturated rings. The minimum absolute atomic E-state index is 0.0840. The number of Topliss-reactive ketones (excluding diaryl/α,β-unsaturated/α-hetero) is 1. The highest BCUT2D eigenvalue weighted by atomic mass is 16.6. The molecule has 0 spiro atoms. The number of benzene rings is 1. The maximum absolute atomic E-state index is 12.8. The van der Waals surface area contributed by atoms with E-state index in [2.05, 4.69) is 0 Å². The van der Waals surface area contributed by atoms with E-state index in [-0.39, 0.29) is 17.6 Å². The molecule has 2 aromatic rings. The maximum Gasteiger partial charge on any atom is 0.289 e. The number of ketones is 1. The van der Waals surface area contributed by atoms with E-state index in [9.17, 15) is 9.59 Å².